The van der Waals surface area contributed by atoms with Gasteiger partial charge in [0.05, 0.1) is 12.2 Å². The summed E-state index contributed by atoms with van der Waals surface area (Å²) >= 11 is 1.96. The minimum absolute atomic E-state index is 0.105. The Labute approximate surface area is 132 Å². The van der Waals surface area contributed by atoms with Gasteiger partial charge in [0.1, 0.15) is 5.82 Å². The Kier molecular flexibility index (Phi) is 5.37. The standard InChI is InChI=1S/C15H19FINO2/c16-11-4-5-12(13(17)8-11)14(20)18-9-15(10-19)6-2-1-3-7-15/h4-5,8,19H,1-3,6-7,9-10H2,(H,18,20). The van der Waals surface area contributed by atoms with E-state index in [2.05, 4.69) is 5.32 Å². The molecule has 1 aliphatic rings. The number of amides is 1. The van der Waals surface area contributed by atoms with E-state index < -0.39 is 0 Å². The first-order valence-electron chi connectivity index (χ1n) is 6.90. The van der Waals surface area contributed by atoms with Crippen molar-refractivity contribution in [1.82, 2.24) is 5.32 Å². The topological polar surface area (TPSA) is 49.3 Å². The lowest BCUT2D eigenvalue weighted by molar-refractivity contribution is 0.0717. The van der Waals surface area contributed by atoms with Crippen molar-refractivity contribution in [2.45, 2.75) is 32.1 Å². The molecule has 20 heavy (non-hydrogen) atoms. The van der Waals surface area contributed by atoms with E-state index in [1.807, 2.05) is 22.6 Å². The third-order valence-electron chi connectivity index (χ3n) is 4.05. The second kappa shape index (κ2) is 6.85. The highest BCUT2D eigenvalue weighted by Gasteiger charge is 2.31. The minimum atomic E-state index is -0.343. The molecule has 0 radical (unpaired) electrons. The van der Waals surface area contributed by atoms with Crippen LogP contribution in [0.2, 0.25) is 0 Å². The van der Waals surface area contributed by atoms with E-state index in [4.69, 9.17) is 0 Å². The fraction of sp³-hybridized carbons (Fsp3) is 0.533. The number of aliphatic hydroxyl groups is 1. The summed E-state index contributed by atoms with van der Waals surface area (Å²) in [4.78, 5) is 12.2. The van der Waals surface area contributed by atoms with Crippen LogP contribution in [0.5, 0.6) is 0 Å². The molecule has 0 atom stereocenters. The minimum Gasteiger partial charge on any atom is -0.396 e. The molecule has 1 aromatic rings. The highest BCUT2D eigenvalue weighted by atomic mass is 127. The van der Waals surface area contributed by atoms with Gasteiger partial charge in [-0.2, -0.15) is 0 Å². The Hall–Kier alpha value is -0.690. The van der Waals surface area contributed by atoms with E-state index in [9.17, 15) is 14.3 Å². The van der Waals surface area contributed by atoms with Crippen LogP contribution in [0, 0.1) is 14.8 Å². The Morgan fingerprint density at radius 2 is 2.05 bits per heavy atom. The first-order chi connectivity index (χ1) is 9.56. The van der Waals surface area contributed by atoms with E-state index in [1.54, 1.807) is 0 Å². The monoisotopic (exact) mass is 391 g/mol. The Balaban J connectivity index is 2.00. The Morgan fingerprint density at radius 3 is 2.65 bits per heavy atom. The van der Waals surface area contributed by atoms with Gasteiger partial charge >= 0.3 is 0 Å². The second-order valence-electron chi connectivity index (χ2n) is 5.53. The molecular formula is C15H19FINO2. The van der Waals surface area contributed by atoms with Crippen molar-refractivity contribution in [3.63, 3.8) is 0 Å². The normalized spacial score (nSPS) is 17.8. The summed E-state index contributed by atoms with van der Waals surface area (Å²) in [7, 11) is 0. The number of nitrogens with one attached hydrogen (secondary N) is 1. The lowest BCUT2D eigenvalue weighted by Gasteiger charge is -2.35. The molecule has 1 amide bonds. The fourth-order valence-electron chi connectivity index (χ4n) is 2.73. The second-order valence-corrected chi connectivity index (χ2v) is 6.69. The third kappa shape index (κ3) is 3.69. The van der Waals surface area contributed by atoms with Crippen molar-refractivity contribution in [3.05, 3.63) is 33.1 Å². The molecule has 2 rings (SSSR count). The number of benzene rings is 1. The predicted molar refractivity (Wildman–Crippen MR) is 84.1 cm³/mol. The molecule has 1 aromatic carbocycles. The average molecular weight is 391 g/mol. The number of hydrogen-bond donors (Lipinski definition) is 2. The van der Waals surface area contributed by atoms with Crippen LogP contribution >= 0.6 is 22.6 Å². The van der Waals surface area contributed by atoms with Crippen molar-refractivity contribution < 1.29 is 14.3 Å². The Bertz CT molecular complexity index is 487. The maximum absolute atomic E-state index is 13.0. The molecular weight excluding hydrogens is 372 g/mol. The number of rotatable bonds is 4. The molecule has 1 fully saturated rings. The van der Waals surface area contributed by atoms with Gasteiger partial charge in [-0.25, -0.2) is 4.39 Å². The summed E-state index contributed by atoms with van der Waals surface area (Å²) in [6.07, 6.45) is 5.30. The molecule has 3 nitrogen and oxygen atoms in total. The summed E-state index contributed by atoms with van der Waals surface area (Å²) in [5.74, 6) is -0.544. The van der Waals surface area contributed by atoms with Gasteiger partial charge in [0.25, 0.3) is 5.91 Å². The van der Waals surface area contributed by atoms with Gasteiger partial charge in [0.2, 0.25) is 0 Å². The zero-order chi connectivity index (χ0) is 14.6. The van der Waals surface area contributed by atoms with E-state index in [1.165, 1.54) is 24.6 Å². The van der Waals surface area contributed by atoms with E-state index in [0.717, 1.165) is 25.7 Å². The van der Waals surface area contributed by atoms with Crippen LogP contribution in [-0.4, -0.2) is 24.2 Å². The van der Waals surface area contributed by atoms with Crippen LogP contribution < -0.4 is 5.32 Å². The van der Waals surface area contributed by atoms with Crippen LogP contribution in [0.3, 0.4) is 0 Å². The van der Waals surface area contributed by atoms with Crippen molar-refractivity contribution in [2.75, 3.05) is 13.2 Å². The summed E-state index contributed by atoms with van der Waals surface area (Å²) in [5.41, 5.74) is 0.301. The van der Waals surface area contributed by atoms with E-state index >= 15 is 0 Å². The molecule has 110 valence electrons. The summed E-state index contributed by atoms with van der Waals surface area (Å²) in [6.45, 7) is 0.587. The van der Waals surface area contributed by atoms with Crippen LogP contribution in [-0.2, 0) is 0 Å². The lowest BCUT2D eigenvalue weighted by Crippen LogP contribution is -2.41. The quantitative estimate of drug-likeness (QED) is 0.776. The molecule has 0 unspecified atom stereocenters. The van der Waals surface area contributed by atoms with Crippen LogP contribution in [0.25, 0.3) is 0 Å². The molecule has 0 spiro atoms. The first kappa shape index (κ1) is 15.7. The number of carbonyl (C=O) groups excluding carboxylic acids is 1. The highest BCUT2D eigenvalue weighted by molar-refractivity contribution is 14.1. The number of carbonyl (C=O) groups is 1. The van der Waals surface area contributed by atoms with E-state index in [0.29, 0.717) is 15.7 Å². The van der Waals surface area contributed by atoms with Crippen molar-refractivity contribution >= 4 is 28.5 Å². The molecule has 0 heterocycles. The fourth-order valence-corrected chi connectivity index (χ4v) is 3.45. The number of hydrogen-bond acceptors (Lipinski definition) is 2. The zero-order valence-electron chi connectivity index (χ0n) is 11.3. The van der Waals surface area contributed by atoms with Crippen LogP contribution in [0.1, 0.15) is 42.5 Å². The van der Waals surface area contributed by atoms with Gasteiger partial charge in [0, 0.05) is 15.5 Å². The number of halogens is 2. The predicted octanol–water partition coefficient (Wildman–Crippen LogP) is 3.10. The molecule has 1 saturated carbocycles. The maximum Gasteiger partial charge on any atom is 0.252 e. The van der Waals surface area contributed by atoms with Crippen LogP contribution in [0.4, 0.5) is 4.39 Å². The highest BCUT2D eigenvalue weighted by Crippen LogP contribution is 2.35. The summed E-state index contributed by atoms with van der Waals surface area (Å²) < 4.78 is 13.6. The van der Waals surface area contributed by atoms with E-state index in [-0.39, 0.29) is 23.7 Å². The largest absolute Gasteiger partial charge is 0.396 e. The maximum atomic E-state index is 13.0. The SMILES string of the molecule is O=C(NCC1(CO)CCCCC1)c1ccc(F)cc1I. The first-order valence-corrected chi connectivity index (χ1v) is 7.98. The zero-order valence-corrected chi connectivity index (χ0v) is 13.5. The molecule has 0 aromatic heterocycles. The van der Waals surface area contributed by atoms with Gasteiger partial charge in [-0.05, 0) is 53.6 Å². The Morgan fingerprint density at radius 1 is 1.35 bits per heavy atom. The van der Waals surface area contributed by atoms with Crippen molar-refractivity contribution in [3.8, 4) is 0 Å². The molecule has 1 aliphatic carbocycles. The van der Waals surface area contributed by atoms with Gasteiger partial charge in [-0.15, -0.1) is 0 Å². The molecule has 0 aliphatic heterocycles. The molecule has 2 N–H and O–H groups in total. The van der Waals surface area contributed by atoms with Crippen LogP contribution in [0.15, 0.2) is 18.2 Å². The summed E-state index contributed by atoms with van der Waals surface area (Å²) in [6, 6.07) is 4.14. The molecule has 5 heteroatoms. The van der Waals surface area contributed by atoms with Gasteiger partial charge in [0.15, 0.2) is 0 Å². The summed E-state index contributed by atoms with van der Waals surface area (Å²) in [5, 5.41) is 12.5. The van der Waals surface area contributed by atoms with Crippen molar-refractivity contribution in [1.29, 1.82) is 0 Å². The van der Waals surface area contributed by atoms with Gasteiger partial charge in [-0.1, -0.05) is 19.3 Å². The van der Waals surface area contributed by atoms with Gasteiger partial charge in [-0.3, -0.25) is 4.79 Å². The number of aliphatic hydroxyl groups excluding tert-OH is 1. The van der Waals surface area contributed by atoms with Gasteiger partial charge < -0.3 is 10.4 Å². The van der Waals surface area contributed by atoms with Crippen molar-refractivity contribution in [2.24, 2.45) is 5.41 Å². The average Bonchev–Trinajstić information content (AvgIpc) is 2.46. The smallest absolute Gasteiger partial charge is 0.252 e. The lowest BCUT2D eigenvalue weighted by atomic mass is 9.74. The molecule has 0 saturated heterocycles. The molecule has 0 bridgehead atoms. The third-order valence-corrected chi connectivity index (χ3v) is 4.94.